The molecule has 0 saturated heterocycles. The first-order valence-corrected chi connectivity index (χ1v) is 13.4. The van der Waals surface area contributed by atoms with Crippen molar-refractivity contribution in [2.45, 2.75) is 64.3 Å². The minimum absolute atomic E-state index is 0.00688. The van der Waals surface area contributed by atoms with Crippen molar-refractivity contribution in [3.63, 3.8) is 0 Å². The van der Waals surface area contributed by atoms with Gasteiger partial charge in [0.15, 0.2) is 5.96 Å². The maximum absolute atomic E-state index is 13.4. The molecule has 0 saturated carbocycles. The molecular formula is C29H40N6O6. The maximum atomic E-state index is 13.4. The highest BCUT2D eigenvalue weighted by atomic mass is 16.5. The van der Waals surface area contributed by atoms with Crippen LogP contribution in [0.1, 0.15) is 44.2 Å². The number of rotatable bonds is 16. The molecule has 41 heavy (non-hydrogen) atoms. The summed E-state index contributed by atoms with van der Waals surface area (Å²) >= 11 is 0. The number of nitrogens with two attached hydrogens (primary N) is 2. The van der Waals surface area contributed by atoms with Gasteiger partial charge in [-0.05, 0) is 36.3 Å². The van der Waals surface area contributed by atoms with E-state index in [0.29, 0.717) is 6.42 Å². The Kier molecular flexibility index (Phi) is 13.6. The van der Waals surface area contributed by atoms with E-state index < -0.39 is 42.0 Å². The van der Waals surface area contributed by atoms with Crippen LogP contribution in [0.4, 0.5) is 4.79 Å². The Morgan fingerprint density at radius 3 is 1.95 bits per heavy atom. The number of carboxylic acid groups (broad SMARTS) is 1. The smallest absolute Gasteiger partial charge is 0.408 e. The summed E-state index contributed by atoms with van der Waals surface area (Å²) in [5.74, 6) is -2.59. The number of carbonyl (C=O) groups is 4. The monoisotopic (exact) mass is 568 g/mol. The number of ether oxygens (including phenoxy) is 1. The van der Waals surface area contributed by atoms with Crippen molar-refractivity contribution in [3.05, 3.63) is 71.8 Å². The molecule has 0 radical (unpaired) electrons. The average Bonchev–Trinajstić information content (AvgIpc) is 2.93. The second-order valence-corrected chi connectivity index (χ2v) is 9.99. The fraction of sp³-hybridized carbons (Fsp3) is 0.414. The first-order chi connectivity index (χ1) is 19.5. The van der Waals surface area contributed by atoms with E-state index in [1.54, 1.807) is 0 Å². The fourth-order valence-corrected chi connectivity index (χ4v) is 3.97. The van der Waals surface area contributed by atoms with Crippen LogP contribution in [0.3, 0.4) is 0 Å². The summed E-state index contributed by atoms with van der Waals surface area (Å²) in [5.41, 5.74) is 12.2. The summed E-state index contributed by atoms with van der Waals surface area (Å²) in [4.78, 5) is 54.8. The van der Waals surface area contributed by atoms with Gasteiger partial charge in [0, 0.05) is 13.0 Å². The van der Waals surface area contributed by atoms with Crippen LogP contribution in [-0.4, -0.2) is 59.6 Å². The number of alkyl carbamates (subject to hydrolysis) is 1. The standard InChI is InChI=1S/C29H40N6O6/c1-19(2)16-23(25(36)33-22(27(38)39)14-9-15-32-28(30)31)34-26(37)24(17-20-10-5-3-6-11-20)35-29(40)41-18-21-12-7-4-8-13-21/h3-8,10-13,19,22-24H,9,14-18H2,1-2H3,(H,33,36)(H,34,37)(H,35,40)(H,38,39)(H4,30,31,32)/t22-,23+,24+/m0/s1. The Hall–Kier alpha value is -4.61. The van der Waals surface area contributed by atoms with Gasteiger partial charge in [0.25, 0.3) is 0 Å². The summed E-state index contributed by atoms with van der Waals surface area (Å²) < 4.78 is 5.30. The minimum Gasteiger partial charge on any atom is -0.480 e. The number of benzene rings is 2. The van der Waals surface area contributed by atoms with Crippen molar-refractivity contribution in [3.8, 4) is 0 Å². The topological polar surface area (TPSA) is 198 Å². The van der Waals surface area contributed by atoms with Crippen LogP contribution in [0, 0.1) is 5.92 Å². The highest BCUT2D eigenvalue weighted by molar-refractivity contribution is 5.93. The lowest BCUT2D eigenvalue weighted by Gasteiger charge is -2.25. The summed E-state index contributed by atoms with van der Waals surface area (Å²) in [5, 5.41) is 17.4. The summed E-state index contributed by atoms with van der Waals surface area (Å²) in [7, 11) is 0. The van der Waals surface area contributed by atoms with Crippen LogP contribution >= 0.6 is 0 Å². The van der Waals surface area contributed by atoms with Crippen LogP contribution in [0.5, 0.6) is 0 Å². The third-order valence-corrected chi connectivity index (χ3v) is 6.00. The van der Waals surface area contributed by atoms with E-state index in [1.807, 2.05) is 74.5 Å². The number of nitrogens with zero attached hydrogens (tertiary/aromatic N) is 1. The zero-order valence-corrected chi connectivity index (χ0v) is 23.4. The normalized spacial score (nSPS) is 12.9. The Labute approximate surface area is 239 Å². The van der Waals surface area contributed by atoms with E-state index in [-0.39, 0.29) is 44.3 Å². The van der Waals surface area contributed by atoms with E-state index in [9.17, 15) is 24.3 Å². The zero-order valence-electron chi connectivity index (χ0n) is 23.4. The van der Waals surface area contributed by atoms with E-state index >= 15 is 0 Å². The Balaban J connectivity index is 2.13. The van der Waals surface area contributed by atoms with Gasteiger partial charge in [-0.3, -0.25) is 14.6 Å². The van der Waals surface area contributed by atoms with E-state index in [2.05, 4.69) is 20.9 Å². The van der Waals surface area contributed by atoms with Crippen molar-refractivity contribution in [2.24, 2.45) is 22.4 Å². The van der Waals surface area contributed by atoms with Crippen molar-refractivity contribution in [1.82, 2.24) is 16.0 Å². The maximum Gasteiger partial charge on any atom is 0.408 e. The van der Waals surface area contributed by atoms with Crippen LogP contribution < -0.4 is 27.4 Å². The quantitative estimate of drug-likeness (QED) is 0.0998. The molecule has 0 unspecified atom stereocenters. The zero-order chi connectivity index (χ0) is 30.2. The molecule has 0 aromatic heterocycles. The van der Waals surface area contributed by atoms with Crippen LogP contribution in [0.15, 0.2) is 65.7 Å². The first-order valence-electron chi connectivity index (χ1n) is 13.4. The number of hydrogen-bond donors (Lipinski definition) is 6. The van der Waals surface area contributed by atoms with Gasteiger partial charge in [0.05, 0.1) is 0 Å². The Morgan fingerprint density at radius 2 is 1.39 bits per heavy atom. The molecule has 2 aromatic rings. The molecule has 0 fully saturated rings. The molecule has 3 atom stereocenters. The van der Waals surface area contributed by atoms with Gasteiger partial charge in [-0.1, -0.05) is 74.5 Å². The van der Waals surface area contributed by atoms with Gasteiger partial charge in [-0.2, -0.15) is 0 Å². The van der Waals surface area contributed by atoms with Gasteiger partial charge >= 0.3 is 12.1 Å². The molecule has 0 aliphatic rings. The molecule has 222 valence electrons. The highest BCUT2D eigenvalue weighted by Crippen LogP contribution is 2.10. The third kappa shape index (κ3) is 12.9. The van der Waals surface area contributed by atoms with E-state index in [1.165, 1.54) is 0 Å². The molecule has 0 bridgehead atoms. The first kappa shape index (κ1) is 32.6. The van der Waals surface area contributed by atoms with Gasteiger partial charge in [-0.25, -0.2) is 9.59 Å². The molecule has 8 N–H and O–H groups in total. The highest BCUT2D eigenvalue weighted by Gasteiger charge is 2.30. The number of hydrogen-bond acceptors (Lipinski definition) is 6. The molecular weight excluding hydrogens is 528 g/mol. The lowest BCUT2D eigenvalue weighted by molar-refractivity contribution is -0.142. The summed E-state index contributed by atoms with van der Waals surface area (Å²) in [6.07, 6.45) is 0.0116. The summed E-state index contributed by atoms with van der Waals surface area (Å²) in [6.45, 7) is 3.97. The Morgan fingerprint density at radius 1 is 0.829 bits per heavy atom. The average molecular weight is 569 g/mol. The van der Waals surface area contributed by atoms with E-state index in [0.717, 1.165) is 11.1 Å². The molecule has 0 aliphatic heterocycles. The molecule has 3 amide bonds. The van der Waals surface area contributed by atoms with Crippen LogP contribution in [0.25, 0.3) is 0 Å². The van der Waals surface area contributed by atoms with Crippen molar-refractivity contribution >= 4 is 29.8 Å². The van der Waals surface area contributed by atoms with Crippen LogP contribution in [-0.2, 0) is 32.1 Å². The van der Waals surface area contributed by atoms with Gasteiger partial charge < -0.3 is 37.3 Å². The molecule has 0 spiro atoms. The second kappa shape index (κ2) is 17.2. The van der Waals surface area contributed by atoms with Gasteiger partial charge in [0.1, 0.15) is 24.7 Å². The predicted octanol–water partition coefficient (Wildman–Crippen LogP) is 1.68. The Bertz CT molecular complexity index is 1150. The van der Waals surface area contributed by atoms with Crippen molar-refractivity contribution in [1.29, 1.82) is 0 Å². The van der Waals surface area contributed by atoms with E-state index in [4.69, 9.17) is 16.2 Å². The number of nitrogens with one attached hydrogen (secondary N) is 3. The number of carboxylic acids is 1. The molecule has 2 rings (SSSR count). The molecule has 2 aromatic carbocycles. The SMILES string of the molecule is CC(C)C[C@@H](NC(=O)[C@@H](Cc1ccccc1)NC(=O)OCc1ccccc1)C(=O)N[C@@H](CCCN=C(N)N)C(=O)O. The number of carbonyl (C=O) groups excluding carboxylic acids is 3. The largest absolute Gasteiger partial charge is 0.480 e. The molecule has 0 heterocycles. The lowest BCUT2D eigenvalue weighted by Crippen LogP contribution is -2.56. The van der Waals surface area contributed by atoms with Crippen molar-refractivity contribution < 1.29 is 29.0 Å². The van der Waals surface area contributed by atoms with Crippen LogP contribution in [0.2, 0.25) is 0 Å². The fourth-order valence-electron chi connectivity index (χ4n) is 3.97. The molecule has 0 aliphatic carbocycles. The number of aliphatic carboxylic acids is 1. The minimum atomic E-state index is -1.22. The van der Waals surface area contributed by atoms with Gasteiger partial charge in [0.2, 0.25) is 11.8 Å². The van der Waals surface area contributed by atoms with Crippen molar-refractivity contribution in [2.75, 3.05) is 6.54 Å². The number of guanidine groups is 1. The third-order valence-electron chi connectivity index (χ3n) is 6.00. The lowest BCUT2D eigenvalue weighted by atomic mass is 10.0. The number of aliphatic imine (C=N–C) groups is 1. The number of amides is 3. The molecule has 12 nitrogen and oxygen atoms in total. The van der Waals surface area contributed by atoms with Gasteiger partial charge in [-0.15, -0.1) is 0 Å². The predicted molar refractivity (Wildman–Crippen MR) is 155 cm³/mol. The second-order valence-electron chi connectivity index (χ2n) is 9.99. The summed E-state index contributed by atoms with van der Waals surface area (Å²) in [6, 6.07) is 14.9. The molecule has 12 heteroatoms.